The van der Waals surface area contributed by atoms with E-state index in [0.717, 1.165) is 33.6 Å². The lowest BCUT2D eigenvalue weighted by atomic mass is 10.0. The minimum absolute atomic E-state index is 0.354. The van der Waals surface area contributed by atoms with Crippen LogP contribution in [-0.4, -0.2) is 39.3 Å². The Morgan fingerprint density at radius 1 is 1.00 bits per heavy atom. The minimum Gasteiger partial charge on any atom is -0.497 e. The maximum absolute atomic E-state index is 11.8. The molecule has 0 saturated heterocycles. The van der Waals surface area contributed by atoms with Crippen LogP contribution in [0.25, 0.3) is 22.2 Å². The Labute approximate surface area is 146 Å². The third-order valence-corrected chi connectivity index (χ3v) is 4.07. The Morgan fingerprint density at radius 2 is 1.80 bits per heavy atom. The first-order valence-electron chi connectivity index (χ1n) is 7.88. The molecule has 5 nitrogen and oxygen atoms in total. The van der Waals surface area contributed by atoms with E-state index in [4.69, 9.17) is 14.5 Å². The van der Waals surface area contributed by atoms with Gasteiger partial charge in [0.25, 0.3) is 0 Å². The highest BCUT2D eigenvalue weighted by molar-refractivity contribution is 5.93. The molecule has 25 heavy (non-hydrogen) atoms. The van der Waals surface area contributed by atoms with Crippen molar-refractivity contribution in [2.45, 2.75) is 0 Å². The lowest BCUT2D eigenvalue weighted by Gasteiger charge is -2.18. The number of carbonyl (C=O) groups excluding carboxylic acids is 1. The van der Waals surface area contributed by atoms with Crippen molar-refractivity contribution >= 4 is 22.6 Å². The largest absolute Gasteiger partial charge is 0.497 e. The summed E-state index contributed by atoms with van der Waals surface area (Å²) in [7, 11) is 6.90. The van der Waals surface area contributed by atoms with Crippen LogP contribution in [0.5, 0.6) is 5.75 Å². The van der Waals surface area contributed by atoms with E-state index >= 15 is 0 Å². The molecule has 0 amide bonds. The van der Waals surface area contributed by atoms with Crippen molar-refractivity contribution in [1.82, 2.24) is 4.98 Å². The number of nitrogens with zero attached hydrogens (tertiary/aromatic N) is 2. The molecule has 0 aliphatic carbocycles. The smallest absolute Gasteiger partial charge is 0.337 e. The summed E-state index contributed by atoms with van der Waals surface area (Å²) in [5.41, 5.74) is 4.11. The van der Waals surface area contributed by atoms with Crippen LogP contribution in [0.2, 0.25) is 0 Å². The van der Waals surface area contributed by atoms with Crippen molar-refractivity contribution < 1.29 is 14.3 Å². The Kier molecular flexibility index (Phi) is 4.57. The molecule has 0 unspecified atom stereocenters. The van der Waals surface area contributed by atoms with Gasteiger partial charge in [0, 0.05) is 30.7 Å². The van der Waals surface area contributed by atoms with Crippen LogP contribution in [0, 0.1) is 0 Å². The topological polar surface area (TPSA) is 51.7 Å². The van der Waals surface area contributed by atoms with Gasteiger partial charge in [-0.1, -0.05) is 6.07 Å². The summed E-state index contributed by atoms with van der Waals surface area (Å²) < 4.78 is 10.1. The van der Waals surface area contributed by atoms with Crippen molar-refractivity contribution in [2.75, 3.05) is 33.2 Å². The van der Waals surface area contributed by atoms with Crippen LogP contribution in [0.15, 0.2) is 48.5 Å². The number of hydrogen-bond acceptors (Lipinski definition) is 5. The van der Waals surface area contributed by atoms with E-state index in [2.05, 4.69) is 0 Å². The fourth-order valence-corrected chi connectivity index (χ4v) is 2.74. The van der Waals surface area contributed by atoms with Crippen molar-refractivity contribution in [3.05, 3.63) is 54.1 Å². The molecule has 1 aromatic heterocycles. The summed E-state index contributed by atoms with van der Waals surface area (Å²) in [6.07, 6.45) is 0. The number of carbonyl (C=O) groups is 1. The number of esters is 1. The van der Waals surface area contributed by atoms with E-state index in [1.165, 1.54) is 7.11 Å². The monoisotopic (exact) mass is 336 g/mol. The summed E-state index contributed by atoms with van der Waals surface area (Å²) in [5, 5.41) is 1.01. The van der Waals surface area contributed by atoms with Gasteiger partial charge in [-0.3, -0.25) is 0 Å². The molecule has 0 radical (unpaired) electrons. The van der Waals surface area contributed by atoms with E-state index in [1.807, 2.05) is 61.5 Å². The van der Waals surface area contributed by atoms with Gasteiger partial charge in [-0.05, 0) is 42.5 Å². The number of fused-ring (bicyclic) bond motifs is 1. The van der Waals surface area contributed by atoms with Crippen molar-refractivity contribution in [3.63, 3.8) is 0 Å². The molecule has 3 rings (SSSR count). The maximum atomic E-state index is 11.8. The zero-order valence-electron chi connectivity index (χ0n) is 14.7. The van der Waals surface area contributed by atoms with Crippen LogP contribution >= 0.6 is 0 Å². The second-order valence-corrected chi connectivity index (χ2v) is 5.87. The van der Waals surface area contributed by atoms with Gasteiger partial charge in [0.2, 0.25) is 0 Å². The average Bonchev–Trinajstić information content (AvgIpc) is 2.65. The second-order valence-electron chi connectivity index (χ2n) is 5.87. The molecule has 0 aliphatic rings. The fraction of sp³-hybridized carbons (Fsp3) is 0.200. The van der Waals surface area contributed by atoms with Crippen LogP contribution in [0.4, 0.5) is 5.69 Å². The third-order valence-electron chi connectivity index (χ3n) is 4.07. The molecule has 0 atom stereocenters. The van der Waals surface area contributed by atoms with Gasteiger partial charge in [-0.15, -0.1) is 0 Å². The molecule has 0 saturated carbocycles. The van der Waals surface area contributed by atoms with E-state index in [9.17, 15) is 4.79 Å². The number of aromatic nitrogens is 1. The molecule has 1 heterocycles. The summed E-state index contributed by atoms with van der Waals surface area (Å²) in [6.45, 7) is 0. The van der Waals surface area contributed by atoms with Gasteiger partial charge >= 0.3 is 5.97 Å². The van der Waals surface area contributed by atoms with Gasteiger partial charge in [-0.25, -0.2) is 9.78 Å². The second kappa shape index (κ2) is 6.81. The first-order valence-corrected chi connectivity index (χ1v) is 7.88. The molecule has 0 aliphatic heterocycles. The zero-order chi connectivity index (χ0) is 18.0. The van der Waals surface area contributed by atoms with E-state index in [1.54, 1.807) is 13.2 Å². The Balaban J connectivity index is 2.11. The number of hydrogen-bond donors (Lipinski definition) is 0. The van der Waals surface area contributed by atoms with Crippen molar-refractivity contribution in [1.29, 1.82) is 0 Å². The van der Waals surface area contributed by atoms with Gasteiger partial charge in [0.1, 0.15) is 5.75 Å². The van der Waals surface area contributed by atoms with Gasteiger partial charge in [0.15, 0.2) is 0 Å². The number of rotatable bonds is 4. The zero-order valence-corrected chi connectivity index (χ0v) is 14.7. The SMILES string of the molecule is COC(=O)c1ccc(-c2ccc3cc(OC)ccc3n2)c(N(C)C)c1. The number of methoxy groups -OCH3 is 2. The number of benzene rings is 2. The third kappa shape index (κ3) is 3.26. The van der Waals surface area contributed by atoms with E-state index in [0.29, 0.717) is 5.56 Å². The van der Waals surface area contributed by atoms with Crippen LogP contribution in [-0.2, 0) is 4.74 Å². The van der Waals surface area contributed by atoms with Gasteiger partial charge in [0.05, 0.1) is 31.0 Å². The van der Waals surface area contributed by atoms with Crippen LogP contribution in [0.3, 0.4) is 0 Å². The molecule has 128 valence electrons. The molecule has 2 aromatic carbocycles. The quantitative estimate of drug-likeness (QED) is 0.679. The Bertz CT molecular complexity index is 935. The summed E-state index contributed by atoms with van der Waals surface area (Å²) in [4.78, 5) is 18.5. The summed E-state index contributed by atoms with van der Waals surface area (Å²) in [5.74, 6) is 0.451. The first-order chi connectivity index (χ1) is 12.0. The number of ether oxygens (including phenoxy) is 2. The minimum atomic E-state index is -0.354. The molecule has 0 bridgehead atoms. The highest BCUT2D eigenvalue weighted by Gasteiger charge is 2.14. The average molecular weight is 336 g/mol. The molecular weight excluding hydrogens is 316 g/mol. The molecule has 0 spiro atoms. The standard InChI is InChI=1S/C20H20N2O3/c1-22(2)19-12-14(20(23)25-4)5-8-16(19)18-9-6-13-11-15(24-3)7-10-17(13)21-18/h5-12H,1-4H3. The molecular formula is C20H20N2O3. The first kappa shape index (κ1) is 16.8. The van der Waals surface area contributed by atoms with E-state index in [-0.39, 0.29) is 5.97 Å². The van der Waals surface area contributed by atoms with Gasteiger partial charge < -0.3 is 14.4 Å². The Hall–Kier alpha value is -3.08. The predicted octanol–water partition coefficient (Wildman–Crippen LogP) is 3.76. The number of pyridine rings is 1. The summed E-state index contributed by atoms with van der Waals surface area (Å²) in [6, 6.07) is 15.3. The van der Waals surface area contributed by atoms with Gasteiger partial charge in [-0.2, -0.15) is 0 Å². The highest BCUT2D eigenvalue weighted by atomic mass is 16.5. The van der Waals surface area contributed by atoms with E-state index < -0.39 is 0 Å². The molecule has 5 heteroatoms. The van der Waals surface area contributed by atoms with Crippen molar-refractivity contribution in [3.8, 4) is 17.0 Å². The summed E-state index contributed by atoms with van der Waals surface area (Å²) >= 11 is 0. The normalized spacial score (nSPS) is 10.6. The Morgan fingerprint density at radius 3 is 2.48 bits per heavy atom. The lowest BCUT2D eigenvalue weighted by Crippen LogP contribution is -2.12. The predicted molar refractivity (Wildman–Crippen MR) is 99.4 cm³/mol. The lowest BCUT2D eigenvalue weighted by molar-refractivity contribution is 0.0601. The van der Waals surface area contributed by atoms with Crippen LogP contribution in [0.1, 0.15) is 10.4 Å². The molecule has 0 N–H and O–H groups in total. The number of anilines is 1. The highest BCUT2D eigenvalue weighted by Crippen LogP contribution is 2.31. The molecule has 0 fully saturated rings. The molecule has 3 aromatic rings. The van der Waals surface area contributed by atoms with Crippen LogP contribution < -0.4 is 9.64 Å². The van der Waals surface area contributed by atoms with Crippen molar-refractivity contribution in [2.24, 2.45) is 0 Å². The fourth-order valence-electron chi connectivity index (χ4n) is 2.74. The maximum Gasteiger partial charge on any atom is 0.337 e.